The van der Waals surface area contributed by atoms with Crippen LogP contribution in [0.15, 0.2) is 72.4 Å². The number of carbonyl (C=O) groups excluding carboxylic acids is 3. The molecule has 2 amide bonds. The van der Waals surface area contributed by atoms with Crippen molar-refractivity contribution in [3.05, 3.63) is 89.3 Å². The maximum atomic E-state index is 13.3. The van der Waals surface area contributed by atoms with Crippen molar-refractivity contribution in [2.45, 2.75) is 32.7 Å². The zero-order valence-electron chi connectivity index (χ0n) is 20.5. The molecule has 8 heteroatoms. The predicted octanol–water partition coefficient (Wildman–Crippen LogP) is 4.80. The Morgan fingerprint density at radius 3 is 2.39 bits per heavy atom. The number of ketones is 1. The first kappa shape index (κ1) is 24.7. The summed E-state index contributed by atoms with van der Waals surface area (Å²) in [6.45, 7) is 5.40. The first-order valence-corrected chi connectivity index (χ1v) is 11.5. The molecule has 2 heterocycles. The molecule has 2 N–H and O–H groups in total. The molecule has 1 unspecified atom stereocenters. The lowest BCUT2D eigenvalue weighted by Crippen LogP contribution is -2.29. The number of amides is 2. The number of nitrogens with zero attached hydrogens (tertiary/aromatic N) is 2. The smallest absolute Gasteiger partial charge is 0.300 e. The van der Waals surface area contributed by atoms with Gasteiger partial charge in [-0.05, 0) is 66.1 Å². The van der Waals surface area contributed by atoms with E-state index in [0.717, 1.165) is 5.56 Å². The number of rotatable bonds is 6. The van der Waals surface area contributed by atoms with Gasteiger partial charge in [-0.3, -0.25) is 24.3 Å². The van der Waals surface area contributed by atoms with Gasteiger partial charge in [0, 0.05) is 30.1 Å². The number of hydrogen-bond donors (Lipinski definition) is 2. The second-order valence-electron chi connectivity index (χ2n) is 8.76. The van der Waals surface area contributed by atoms with Crippen LogP contribution >= 0.6 is 0 Å². The molecule has 1 aromatic heterocycles. The van der Waals surface area contributed by atoms with Crippen molar-refractivity contribution in [1.82, 2.24) is 4.98 Å². The summed E-state index contributed by atoms with van der Waals surface area (Å²) in [6, 6.07) is 16.0. The minimum Gasteiger partial charge on any atom is -0.507 e. The van der Waals surface area contributed by atoms with Crippen molar-refractivity contribution < 1.29 is 24.2 Å². The lowest BCUT2D eigenvalue weighted by molar-refractivity contribution is -0.132. The predicted molar refractivity (Wildman–Crippen MR) is 137 cm³/mol. The number of Topliss-reactive ketones (excluding diaryl/α,β-unsaturated/α-hetero) is 1. The van der Waals surface area contributed by atoms with Crippen molar-refractivity contribution >= 4 is 34.7 Å². The van der Waals surface area contributed by atoms with E-state index < -0.39 is 17.7 Å². The Hall–Kier alpha value is -4.46. The van der Waals surface area contributed by atoms with Gasteiger partial charge in [-0.1, -0.05) is 19.9 Å². The van der Waals surface area contributed by atoms with Crippen LogP contribution in [0.25, 0.3) is 5.76 Å². The van der Waals surface area contributed by atoms with Crippen molar-refractivity contribution in [3.63, 3.8) is 0 Å². The number of aliphatic hydroxyl groups excluding tert-OH is 1. The van der Waals surface area contributed by atoms with E-state index in [9.17, 15) is 19.5 Å². The van der Waals surface area contributed by atoms with Gasteiger partial charge in [-0.2, -0.15) is 0 Å². The number of ether oxygens (including phenoxy) is 1. The molecule has 184 valence electrons. The summed E-state index contributed by atoms with van der Waals surface area (Å²) in [5.74, 6) is -1.33. The summed E-state index contributed by atoms with van der Waals surface area (Å²) >= 11 is 0. The van der Waals surface area contributed by atoms with E-state index in [0.29, 0.717) is 28.4 Å². The van der Waals surface area contributed by atoms with E-state index in [2.05, 4.69) is 10.3 Å². The lowest BCUT2D eigenvalue weighted by atomic mass is 9.94. The van der Waals surface area contributed by atoms with Gasteiger partial charge in [0.05, 0.1) is 18.4 Å². The first-order valence-electron chi connectivity index (χ1n) is 11.5. The Labute approximate surface area is 209 Å². The molecule has 1 aliphatic heterocycles. The molecule has 0 spiro atoms. The molecule has 0 bridgehead atoms. The second-order valence-corrected chi connectivity index (χ2v) is 8.76. The SMILES string of the molecule is COc1ccc(/C(O)=C2/C(=O)C(=O)N(c3ccc(NC(C)=O)cc3)C2c2ccccn2)cc1C(C)C. The molecular formula is C28H27N3O5. The molecule has 3 aromatic rings. The van der Waals surface area contributed by atoms with Gasteiger partial charge in [-0.15, -0.1) is 0 Å². The fraction of sp³-hybridized carbons (Fsp3) is 0.214. The molecule has 1 fully saturated rings. The summed E-state index contributed by atoms with van der Waals surface area (Å²) in [6.07, 6.45) is 1.57. The number of nitrogens with one attached hydrogen (secondary N) is 1. The highest BCUT2D eigenvalue weighted by molar-refractivity contribution is 6.51. The van der Waals surface area contributed by atoms with Crippen LogP contribution in [0.2, 0.25) is 0 Å². The van der Waals surface area contributed by atoms with Crippen LogP contribution in [-0.2, 0) is 14.4 Å². The van der Waals surface area contributed by atoms with Gasteiger partial charge < -0.3 is 15.2 Å². The molecule has 1 saturated heterocycles. The van der Waals surface area contributed by atoms with E-state index in [-0.39, 0.29) is 23.2 Å². The Morgan fingerprint density at radius 1 is 1.08 bits per heavy atom. The third-order valence-electron chi connectivity index (χ3n) is 6.00. The van der Waals surface area contributed by atoms with Crippen LogP contribution in [0.3, 0.4) is 0 Å². The molecule has 1 aliphatic rings. The standard InChI is InChI=1S/C28H27N3O5/c1-16(2)21-15-18(8-13-23(21)36-4)26(33)24-25(22-7-5-6-14-29-22)31(28(35)27(24)34)20-11-9-19(10-12-20)30-17(3)32/h5-16,25,33H,1-4H3,(H,30,32)/b26-24-. The Kier molecular flexibility index (Phi) is 6.87. The molecular weight excluding hydrogens is 458 g/mol. The van der Waals surface area contributed by atoms with E-state index in [1.54, 1.807) is 74.0 Å². The fourth-order valence-corrected chi connectivity index (χ4v) is 4.31. The van der Waals surface area contributed by atoms with E-state index in [1.807, 2.05) is 13.8 Å². The number of aromatic nitrogens is 1. The average Bonchev–Trinajstić information content (AvgIpc) is 3.14. The van der Waals surface area contributed by atoms with E-state index in [4.69, 9.17) is 4.74 Å². The number of carbonyl (C=O) groups is 3. The maximum Gasteiger partial charge on any atom is 0.300 e. The summed E-state index contributed by atoms with van der Waals surface area (Å²) in [7, 11) is 1.57. The summed E-state index contributed by atoms with van der Waals surface area (Å²) < 4.78 is 5.44. The van der Waals surface area contributed by atoms with Gasteiger partial charge in [0.25, 0.3) is 11.7 Å². The molecule has 0 aliphatic carbocycles. The van der Waals surface area contributed by atoms with Gasteiger partial charge in [-0.25, -0.2) is 0 Å². The zero-order chi connectivity index (χ0) is 26.0. The van der Waals surface area contributed by atoms with Gasteiger partial charge in [0.1, 0.15) is 17.6 Å². The van der Waals surface area contributed by atoms with Crippen LogP contribution in [0.4, 0.5) is 11.4 Å². The molecule has 1 atom stereocenters. The third-order valence-corrected chi connectivity index (χ3v) is 6.00. The van der Waals surface area contributed by atoms with Crippen molar-refractivity contribution in [2.75, 3.05) is 17.3 Å². The lowest BCUT2D eigenvalue weighted by Gasteiger charge is -2.25. The molecule has 2 aromatic carbocycles. The van der Waals surface area contributed by atoms with Crippen LogP contribution in [0, 0.1) is 0 Å². The maximum absolute atomic E-state index is 13.3. The monoisotopic (exact) mass is 485 g/mol. The Balaban J connectivity index is 1.88. The average molecular weight is 486 g/mol. The summed E-state index contributed by atoms with van der Waals surface area (Å²) in [5, 5.41) is 14.1. The van der Waals surface area contributed by atoms with Gasteiger partial charge >= 0.3 is 0 Å². The second kappa shape index (κ2) is 10.0. The number of aliphatic hydroxyl groups is 1. The quantitative estimate of drug-likeness (QED) is 0.295. The Morgan fingerprint density at radius 2 is 1.81 bits per heavy atom. The summed E-state index contributed by atoms with van der Waals surface area (Å²) in [5.41, 5.74) is 2.62. The van der Waals surface area contributed by atoms with Crippen molar-refractivity contribution in [3.8, 4) is 5.75 Å². The molecule has 0 saturated carbocycles. The topological polar surface area (TPSA) is 109 Å². The minimum atomic E-state index is -0.942. The number of benzene rings is 2. The number of hydrogen-bond acceptors (Lipinski definition) is 6. The van der Waals surface area contributed by atoms with E-state index >= 15 is 0 Å². The number of methoxy groups -OCH3 is 1. The highest BCUT2D eigenvalue weighted by Crippen LogP contribution is 2.42. The van der Waals surface area contributed by atoms with Crippen LogP contribution in [0.1, 0.15) is 49.6 Å². The molecule has 4 rings (SSSR count). The summed E-state index contributed by atoms with van der Waals surface area (Å²) in [4.78, 5) is 43.7. The first-order chi connectivity index (χ1) is 17.2. The molecule has 0 radical (unpaired) electrons. The van der Waals surface area contributed by atoms with Gasteiger partial charge in [0.15, 0.2) is 0 Å². The van der Waals surface area contributed by atoms with Gasteiger partial charge in [0.2, 0.25) is 5.91 Å². The largest absolute Gasteiger partial charge is 0.507 e. The van der Waals surface area contributed by atoms with Crippen LogP contribution < -0.4 is 15.0 Å². The molecule has 8 nitrogen and oxygen atoms in total. The number of pyridine rings is 1. The number of anilines is 2. The Bertz CT molecular complexity index is 1350. The normalized spacial score (nSPS) is 16.9. The third kappa shape index (κ3) is 4.57. The van der Waals surface area contributed by atoms with E-state index in [1.165, 1.54) is 11.8 Å². The highest BCUT2D eigenvalue weighted by atomic mass is 16.5. The van der Waals surface area contributed by atoms with Crippen molar-refractivity contribution in [2.24, 2.45) is 0 Å². The fourth-order valence-electron chi connectivity index (χ4n) is 4.31. The molecule has 36 heavy (non-hydrogen) atoms. The highest BCUT2D eigenvalue weighted by Gasteiger charge is 2.47. The van der Waals surface area contributed by atoms with Crippen LogP contribution in [0.5, 0.6) is 5.75 Å². The van der Waals surface area contributed by atoms with Crippen molar-refractivity contribution in [1.29, 1.82) is 0 Å². The minimum absolute atomic E-state index is 0.0514. The van der Waals surface area contributed by atoms with Crippen LogP contribution in [-0.4, -0.2) is 34.8 Å². The zero-order valence-corrected chi connectivity index (χ0v) is 20.5.